The maximum absolute atomic E-state index is 12.7. The average molecular weight is 370 g/mol. The summed E-state index contributed by atoms with van der Waals surface area (Å²) in [4.78, 5) is 22.8. The zero-order valence-corrected chi connectivity index (χ0v) is 13.7. The number of carbonyl (C=O) groups is 1. The number of amides is 1. The Balaban J connectivity index is 2.02. The highest BCUT2D eigenvalue weighted by molar-refractivity contribution is 8.00. The van der Waals surface area contributed by atoms with Gasteiger partial charge in [-0.3, -0.25) is 14.9 Å². The number of thioether (sulfide) groups is 1. The van der Waals surface area contributed by atoms with E-state index in [0.29, 0.717) is 4.90 Å². The number of hydrogen-bond donors (Lipinski definition) is 1. The molecule has 0 saturated heterocycles. The molecule has 0 aliphatic carbocycles. The van der Waals surface area contributed by atoms with E-state index >= 15 is 0 Å². The second-order valence-corrected chi connectivity index (χ2v) is 6.49. The van der Waals surface area contributed by atoms with Gasteiger partial charge in [-0.2, -0.15) is 13.2 Å². The van der Waals surface area contributed by atoms with Crippen LogP contribution in [0, 0.1) is 10.1 Å². The molecule has 2 rings (SSSR count). The van der Waals surface area contributed by atoms with E-state index in [0.717, 1.165) is 23.9 Å². The molecular formula is C16H13F3N2O3S. The quantitative estimate of drug-likeness (QED) is 0.469. The van der Waals surface area contributed by atoms with Crippen LogP contribution < -0.4 is 5.32 Å². The minimum absolute atomic E-state index is 0.0518. The number of hydrogen-bond acceptors (Lipinski definition) is 4. The van der Waals surface area contributed by atoms with Gasteiger partial charge in [-0.1, -0.05) is 6.07 Å². The smallest absolute Gasteiger partial charge is 0.325 e. The Morgan fingerprint density at radius 3 is 2.40 bits per heavy atom. The summed E-state index contributed by atoms with van der Waals surface area (Å²) in [6, 6.07) is 10.0. The van der Waals surface area contributed by atoms with Crippen LogP contribution in [-0.4, -0.2) is 16.1 Å². The molecule has 2 aromatic carbocycles. The Morgan fingerprint density at radius 1 is 1.20 bits per heavy atom. The number of alkyl halides is 3. The first kappa shape index (κ1) is 18.8. The first-order valence-electron chi connectivity index (χ1n) is 7.06. The van der Waals surface area contributed by atoms with Gasteiger partial charge in [-0.15, -0.1) is 11.8 Å². The Hall–Kier alpha value is -2.55. The summed E-state index contributed by atoms with van der Waals surface area (Å²) in [5.74, 6) is -0.470. The van der Waals surface area contributed by atoms with E-state index in [2.05, 4.69) is 5.32 Å². The van der Waals surface area contributed by atoms with Crippen LogP contribution in [0.4, 0.5) is 24.5 Å². The minimum Gasteiger partial charge on any atom is -0.325 e. The van der Waals surface area contributed by atoms with Crippen LogP contribution in [0.2, 0.25) is 0 Å². The van der Waals surface area contributed by atoms with Crippen LogP contribution >= 0.6 is 11.8 Å². The number of nitrogens with zero attached hydrogens (tertiary/aromatic N) is 1. The van der Waals surface area contributed by atoms with Crippen LogP contribution in [0.3, 0.4) is 0 Å². The van der Waals surface area contributed by atoms with Crippen molar-refractivity contribution in [1.29, 1.82) is 0 Å². The third-order valence-corrected chi connectivity index (χ3v) is 4.30. The molecule has 0 fully saturated rings. The van der Waals surface area contributed by atoms with Crippen molar-refractivity contribution >= 4 is 29.0 Å². The largest absolute Gasteiger partial charge is 0.416 e. The Labute approximate surface area is 145 Å². The number of carbonyl (C=O) groups excluding carboxylic acids is 1. The maximum Gasteiger partial charge on any atom is 0.416 e. The number of anilines is 1. The number of benzene rings is 2. The molecule has 1 atom stereocenters. The Kier molecular flexibility index (Phi) is 5.68. The minimum atomic E-state index is -4.49. The molecule has 5 nitrogen and oxygen atoms in total. The molecule has 0 spiro atoms. The number of non-ortho nitro benzene ring substituents is 1. The van der Waals surface area contributed by atoms with E-state index in [-0.39, 0.29) is 11.4 Å². The van der Waals surface area contributed by atoms with Gasteiger partial charge in [0.15, 0.2) is 0 Å². The van der Waals surface area contributed by atoms with Gasteiger partial charge >= 0.3 is 6.18 Å². The molecule has 1 amide bonds. The standard InChI is InChI=1S/C16H13F3N2O3S/c1-10(25-14-7-5-13(6-8-14)21(23)24)15(22)20-12-4-2-3-11(9-12)16(17,18)19/h2-10H,1H3,(H,20,22)/t10-/m1/s1. The molecule has 0 heterocycles. The maximum atomic E-state index is 12.7. The molecule has 0 aliphatic heterocycles. The molecule has 9 heteroatoms. The normalized spacial score (nSPS) is 12.5. The van der Waals surface area contributed by atoms with Crippen molar-refractivity contribution in [3.63, 3.8) is 0 Å². The molecular weight excluding hydrogens is 357 g/mol. The predicted molar refractivity (Wildman–Crippen MR) is 88.5 cm³/mol. The number of nitro benzene ring substituents is 1. The zero-order valence-electron chi connectivity index (χ0n) is 12.9. The van der Waals surface area contributed by atoms with Crippen molar-refractivity contribution in [2.75, 3.05) is 5.32 Å². The molecule has 25 heavy (non-hydrogen) atoms. The van der Waals surface area contributed by atoms with Gasteiger partial charge in [-0.05, 0) is 37.3 Å². The molecule has 2 aromatic rings. The molecule has 0 radical (unpaired) electrons. The topological polar surface area (TPSA) is 72.2 Å². The van der Waals surface area contributed by atoms with E-state index in [1.54, 1.807) is 6.92 Å². The van der Waals surface area contributed by atoms with E-state index in [4.69, 9.17) is 0 Å². The van der Waals surface area contributed by atoms with Gasteiger partial charge in [0, 0.05) is 22.7 Å². The van der Waals surface area contributed by atoms with Gasteiger partial charge in [-0.25, -0.2) is 0 Å². The van der Waals surface area contributed by atoms with E-state index < -0.39 is 27.8 Å². The summed E-state index contributed by atoms with van der Waals surface area (Å²) < 4.78 is 38.0. The van der Waals surface area contributed by atoms with Crippen LogP contribution in [0.25, 0.3) is 0 Å². The van der Waals surface area contributed by atoms with Crippen LogP contribution in [0.5, 0.6) is 0 Å². The molecule has 0 bridgehead atoms. The molecule has 0 aromatic heterocycles. The summed E-state index contributed by atoms with van der Waals surface area (Å²) in [5.41, 5.74) is -0.859. The molecule has 1 N–H and O–H groups in total. The van der Waals surface area contributed by atoms with E-state index in [9.17, 15) is 28.1 Å². The van der Waals surface area contributed by atoms with Gasteiger partial charge in [0.05, 0.1) is 15.7 Å². The van der Waals surface area contributed by atoms with Crippen molar-refractivity contribution < 1.29 is 22.9 Å². The molecule has 0 unspecified atom stereocenters. The molecule has 0 aliphatic rings. The number of rotatable bonds is 5. The van der Waals surface area contributed by atoms with Crippen molar-refractivity contribution in [3.05, 3.63) is 64.2 Å². The third kappa shape index (κ3) is 5.21. The fourth-order valence-corrected chi connectivity index (χ4v) is 2.79. The number of nitro groups is 1. The van der Waals surface area contributed by atoms with Gasteiger partial charge < -0.3 is 5.32 Å². The highest BCUT2D eigenvalue weighted by atomic mass is 32.2. The molecule has 0 saturated carbocycles. The van der Waals surface area contributed by atoms with Crippen LogP contribution in [-0.2, 0) is 11.0 Å². The second-order valence-electron chi connectivity index (χ2n) is 5.08. The zero-order chi connectivity index (χ0) is 18.6. The lowest BCUT2D eigenvalue weighted by Crippen LogP contribution is -2.22. The average Bonchev–Trinajstić information content (AvgIpc) is 2.54. The number of halogens is 3. The lowest BCUT2D eigenvalue weighted by atomic mass is 10.2. The summed E-state index contributed by atoms with van der Waals surface area (Å²) in [5, 5.41) is 12.4. The van der Waals surface area contributed by atoms with Gasteiger partial charge in [0.1, 0.15) is 0 Å². The summed E-state index contributed by atoms with van der Waals surface area (Å²) in [6.07, 6.45) is -4.49. The van der Waals surface area contributed by atoms with E-state index in [1.165, 1.54) is 36.4 Å². The Bertz CT molecular complexity index is 779. The van der Waals surface area contributed by atoms with Gasteiger partial charge in [0.25, 0.3) is 5.69 Å². The lowest BCUT2D eigenvalue weighted by molar-refractivity contribution is -0.384. The monoisotopic (exact) mass is 370 g/mol. The summed E-state index contributed by atoms with van der Waals surface area (Å²) in [6.45, 7) is 1.59. The first-order chi connectivity index (χ1) is 11.7. The van der Waals surface area contributed by atoms with Crippen molar-refractivity contribution in [2.24, 2.45) is 0 Å². The first-order valence-corrected chi connectivity index (χ1v) is 7.94. The third-order valence-electron chi connectivity index (χ3n) is 3.19. The SMILES string of the molecule is C[C@@H](Sc1ccc([N+](=O)[O-])cc1)C(=O)Nc1cccc(C(F)(F)F)c1. The summed E-state index contributed by atoms with van der Waals surface area (Å²) in [7, 11) is 0. The summed E-state index contributed by atoms with van der Waals surface area (Å²) >= 11 is 1.14. The van der Waals surface area contributed by atoms with E-state index in [1.807, 2.05) is 0 Å². The number of nitrogens with one attached hydrogen (secondary N) is 1. The molecule has 132 valence electrons. The highest BCUT2D eigenvalue weighted by Gasteiger charge is 2.30. The van der Waals surface area contributed by atoms with Crippen molar-refractivity contribution in [3.8, 4) is 0 Å². The Morgan fingerprint density at radius 2 is 1.84 bits per heavy atom. The van der Waals surface area contributed by atoms with Gasteiger partial charge in [0.2, 0.25) is 5.91 Å². The van der Waals surface area contributed by atoms with Crippen molar-refractivity contribution in [2.45, 2.75) is 23.2 Å². The van der Waals surface area contributed by atoms with Crippen molar-refractivity contribution in [1.82, 2.24) is 0 Å². The second kappa shape index (κ2) is 7.56. The van der Waals surface area contributed by atoms with Crippen LogP contribution in [0.15, 0.2) is 53.4 Å². The highest BCUT2D eigenvalue weighted by Crippen LogP contribution is 2.31. The van der Waals surface area contributed by atoms with Crippen LogP contribution in [0.1, 0.15) is 12.5 Å². The predicted octanol–water partition coefficient (Wildman–Crippen LogP) is 4.73. The lowest BCUT2D eigenvalue weighted by Gasteiger charge is -2.13. The fraction of sp³-hybridized carbons (Fsp3) is 0.188. The fourth-order valence-electron chi connectivity index (χ4n) is 1.92.